The third-order valence-corrected chi connectivity index (χ3v) is 4.49. The van der Waals surface area contributed by atoms with Gasteiger partial charge in [0, 0.05) is 25.2 Å². The van der Waals surface area contributed by atoms with Crippen molar-refractivity contribution in [1.29, 1.82) is 0 Å². The number of aromatic carboxylic acids is 1. The first-order chi connectivity index (χ1) is 9.74. The van der Waals surface area contributed by atoms with Gasteiger partial charge in [-0.15, -0.1) is 0 Å². The Morgan fingerprint density at radius 3 is 2.40 bits per heavy atom. The SMILES string of the molecule is O=C(O)c1ccc(N2CCC(N3CCCCC3)CC2)o1. The Kier molecular flexibility index (Phi) is 3.96. The molecule has 2 aliphatic rings. The van der Waals surface area contributed by atoms with Gasteiger partial charge >= 0.3 is 5.97 Å². The molecule has 2 saturated heterocycles. The largest absolute Gasteiger partial charge is 0.475 e. The van der Waals surface area contributed by atoms with E-state index in [1.807, 2.05) is 0 Å². The minimum atomic E-state index is -1.00. The highest BCUT2D eigenvalue weighted by atomic mass is 16.4. The van der Waals surface area contributed by atoms with E-state index in [9.17, 15) is 4.79 Å². The molecule has 3 rings (SSSR count). The summed E-state index contributed by atoms with van der Waals surface area (Å²) >= 11 is 0. The Labute approximate surface area is 119 Å². The van der Waals surface area contributed by atoms with Crippen LogP contribution < -0.4 is 4.90 Å². The summed E-state index contributed by atoms with van der Waals surface area (Å²) in [5.74, 6) is -0.280. The molecule has 0 unspecified atom stereocenters. The second-order valence-electron chi connectivity index (χ2n) is 5.76. The van der Waals surface area contributed by atoms with Crippen molar-refractivity contribution in [3.63, 3.8) is 0 Å². The molecule has 0 amide bonds. The summed E-state index contributed by atoms with van der Waals surface area (Å²) in [6, 6.07) is 4.00. The monoisotopic (exact) mass is 278 g/mol. The first-order valence-corrected chi connectivity index (χ1v) is 7.56. The zero-order valence-electron chi connectivity index (χ0n) is 11.8. The standard InChI is InChI=1S/C15H22N2O3/c18-15(19)13-4-5-14(20-13)17-10-6-12(7-11-17)16-8-2-1-3-9-16/h4-5,12H,1-3,6-11H2,(H,18,19). The number of furan rings is 1. The first kappa shape index (κ1) is 13.5. The van der Waals surface area contributed by atoms with Gasteiger partial charge in [0.05, 0.1) is 0 Å². The summed E-state index contributed by atoms with van der Waals surface area (Å²) < 4.78 is 5.38. The van der Waals surface area contributed by atoms with Crippen LogP contribution in [0.4, 0.5) is 5.88 Å². The van der Waals surface area contributed by atoms with Crippen LogP contribution in [0.3, 0.4) is 0 Å². The van der Waals surface area contributed by atoms with E-state index in [0.717, 1.165) is 25.9 Å². The zero-order valence-corrected chi connectivity index (χ0v) is 11.8. The number of hydrogen-bond acceptors (Lipinski definition) is 4. The summed E-state index contributed by atoms with van der Waals surface area (Å²) in [6.07, 6.45) is 6.33. The van der Waals surface area contributed by atoms with Gasteiger partial charge in [-0.2, -0.15) is 0 Å². The Morgan fingerprint density at radius 1 is 1.10 bits per heavy atom. The van der Waals surface area contributed by atoms with E-state index in [-0.39, 0.29) is 5.76 Å². The number of carboxylic acid groups (broad SMARTS) is 1. The second-order valence-corrected chi connectivity index (χ2v) is 5.76. The van der Waals surface area contributed by atoms with Crippen LogP contribution in [0.5, 0.6) is 0 Å². The molecule has 3 heterocycles. The van der Waals surface area contributed by atoms with Crippen LogP contribution in [-0.4, -0.2) is 48.2 Å². The van der Waals surface area contributed by atoms with Crippen molar-refractivity contribution >= 4 is 11.9 Å². The average molecular weight is 278 g/mol. The zero-order chi connectivity index (χ0) is 13.9. The third-order valence-electron chi connectivity index (χ3n) is 4.49. The summed E-state index contributed by atoms with van der Waals surface area (Å²) in [4.78, 5) is 15.6. The Balaban J connectivity index is 1.56. The predicted molar refractivity (Wildman–Crippen MR) is 76.3 cm³/mol. The lowest BCUT2D eigenvalue weighted by molar-refractivity contribution is 0.0662. The number of piperidine rings is 2. The number of hydrogen-bond donors (Lipinski definition) is 1. The number of anilines is 1. The molecule has 0 atom stereocenters. The fourth-order valence-corrected chi connectivity index (χ4v) is 3.35. The molecular formula is C15H22N2O3. The van der Waals surface area contributed by atoms with Crippen molar-refractivity contribution in [2.45, 2.75) is 38.1 Å². The number of carbonyl (C=O) groups is 1. The summed E-state index contributed by atoms with van der Waals surface area (Å²) in [5.41, 5.74) is 0. The molecule has 110 valence electrons. The minimum Gasteiger partial charge on any atom is -0.475 e. The van der Waals surface area contributed by atoms with E-state index < -0.39 is 5.97 Å². The molecule has 1 N–H and O–H groups in total. The third kappa shape index (κ3) is 2.82. The molecule has 0 aliphatic carbocycles. The molecule has 20 heavy (non-hydrogen) atoms. The van der Waals surface area contributed by atoms with Gasteiger partial charge in [-0.25, -0.2) is 4.79 Å². The summed E-state index contributed by atoms with van der Waals surface area (Å²) in [7, 11) is 0. The highest BCUT2D eigenvalue weighted by molar-refractivity contribution is 5.84. The van der Waals surface area contributed by atoms with Crippen LogP contribution in [0.15, 0.2) is 16.5 Å². The van der Waals surface area contributed by atoms with Gasteiger partial charge < -0.3 is 19.3 Å². The van der Waals surface area contributed by atoms with Crippen LogP contribution in [-0.2, 0) is 0 Å². The molecule has 1 aromatic heterocycles. The number of rotatable bonds is 3. The lowest BCUT2D eigenvalue weighted by Crippen LogP contribution is -2.46. The predicted octanol–water partition coefficient (Wildman–Crippen LogP) is 2.43. The Bertz CT molecular complexity index is 457. The van der Waals surface area contributed by atoms with Crippen molar-refractivity contribution in [1.82, 2.24) is 4.90 Å². The molecule has 5 heteroatoms. The van der Waals surface area contributed by atoms with E-state index in [0.29, 0.717) is 11.9 Å². The van der Waals surface area contributed by atoms with Crippen molar-refractivity contribution in [2.24, 2.45) is 0 Å². The van der Waals surface area contributed by atoms with Gasteiger partial charge in [0.25, 0.3) is 0 Å². The van der Waals surface area contributed by atoms with Crippen molar-refractivity contribution in [2.75, 3.05) is 31.1 Å². The van der Waals surface area contributed by atoms with Crippen LogP contribution >= 0.6 is 0 Å². The fraction of sp³-hybridized carbons (Fsp3) is 0.667. The maximum atomic E-state index is 10.8. The van der Waals surface area contributed by atoms with Crippen molar-refractivity contribution in [3.05, 3.63) is 17.9 Å². The number of nitrogens with zero attached hydrogens (tertiary/aromatic N) is 2. The number of likely N-dealkylation sites (tertiary alicyclic amines) is 1. The molecule has 0 aromatic carbocycles. The highest BCUT2D eigenvalue weighted by Gasteiger charge is 2.26. The normalized spacial score (nSPS) is 22.1. The minimum absolute atomic E-state index is 0.0261. The maximum absolute atomic E-state index is 10.8. The molecule has 0 radical (unpaired) electrons. The molecule has 0 spiro atoms. The van der Waals surface area contributed by atoms with E-state index in [2.05, 4.69) is 9.80 Å². The van der Waals surface area contributed by atoms with E-state index in [4.69, 9.17) is 9.52 Å². The van der Waals surface area contributed by atoms with Crippen LogP contribution in [0, 0.1) is 0 Å². The van der Waals surface area contributed by atoms with Crippen LogP contribution in [0.2, 0.25) is 0 Å². The first-order valence-electron chi connectivity index (χ1n) is 7.56. The molecule has 1 aromatic rings. The Morgan fingerprint density at radius 2 is 1.80 bits per heavy atom. The number of carboxylic acids is 1. The van der Waals surface area contributed by atoms with Gasteiger partial charge in [-0.3, -0.25) is 0 Å². The second kappa shape index (κ2) is 5.87. The fourth-order valence-electron chi connectivity index (χ4n) is 3.35. The van der Waals surface area contributed by atoms with Gasteiger partial charge in [0.15, 0.2) is 5.88 Å². The lowest BCUT2D eigenvalue weighted by atomic mass is 10.00. The molecule has 2 fully saturated rings. The highest BCUT2D eigenvalue weighted by Crippen LogP contribution is 2.26. The Hall–Kier alpha value is -1.49. The average Bonchev–Trinajstić information content (AvgIpc) is 2.98. The topological polar surface area (TPSA) is 56.9 Å². The van der Waals surface area contributed by atoms with Gasteiger partial charge in [-0.1, -0.05) is 6.42 Å². The molecule has 5 nitrogen and oxygen atoms in total. The molecule has 2 aliphatic heterocycles. The summed E-state index contributed by atoms with van der Waals surface area (Å²) in [5, 5.41) is 8.89. The van der Waals surface area contributed by atoms with Gasteiger partial charge in [0.1, 0.15) is 0 Å². The van der Waals surface area contributed by atoms with E-state index in [1.54, 1.807) is 6.07 Å². The summed E-state index contributed by atoms with van der Waals surface area (Å²) in [6.45, 7) is 4.39. The smallest absolute Gasteiger partial charge is 0.371 e. The van der Waals surface area contributed by atoms with E-state index in [1.165, 1.54) is 38.4 Å². The molecule has 0 bridgehead atoms. The van der Waals surface area contributed by atoms with E-state index >= 15 is 0 Å². The van der Waals surface area contributed by atoms with Gasteiger partial charge in [0.2, 0.25) is 5.76 Å². The van der Waals surface area contributed by atoms with Gasteiger partial charge in [-0.05, 0) is 44.8 Å². The van der Waals surface area contributed by atoms with Crippen LogP contribution in [0.25, 0.3) is 0 Å². The van der Waals surface area contributed by atoms with Crippen LogP contribution in [0.1, 0.15) is 42.7 Å². The van der Waals surface area contributed by atoms with Crippen molar-refractivity contribution < 1.29 is 14.3 Å². The molecule has 0 saturated carbocycles. The molecular weight excluding hydrogens is 256 g/mol. The quantitative estimate of drug-likeness (QED) is 0.920. The maximum Gasteiger partial charge on any atom is 0.371 e. The lowest BCUT2D eigenvalue weighted by Gasteiger charge is -2.40. The van der Waals surface area contributed by atoms with Crippen molar-refractivity contribution in [3.8, 4) is 0 Å².